The summed E-state index contributed by atoms with van der Waals surface area (Å²) in [5, 5.41) is 12.7. The van der Waals surface area contributed by atoms with Gasteiger partial charge in [0.25, 0.3) is 10.0 Å². The highest BCUT2D eigenvalue weighted by atomic mass is 32.2. The fraction of sp³-hybridized carbons (Fsp3) is 0.600. The molecule has 8 heteroatoms. The number of aromatic nitrogens is 2. The Balaban J connectivity index is 3.01. The summed E-state index contributed by atoms with van der Waals surface area (Å²) >= 11 is 0. The summed E-state index contributed by atoms with van der Waals surface area (Å²) in [6.45, 7) is 3.49. The normalized spacial score (nSPS) is 15.3. The number of rotatable bonds is 6. The van der Waals surface area contributed by atoms with Gasteiger partial charge in [0.2, 0.25) is 0 Å². The van der Waals surface area contributed by atoms with Crippen molar-refractivity contribution in [1.82, 2.24) is 14.5 Å². The van der Waals surface area contributed by atoms with Crippen LogP contribution < -0.4 is 4.72 Å². The molecule has 0 saturated carbocycles. The van der Waals surface area contributed by atoms with Crippen molar-refractivity contribution in [2.45, 2.75) is 31.3 Å². The average Bonchev–Trinajstić information content (AvgIpc) is 2.72. The average molecular weight is 275 g/mol. The summed E-state index contributed by atoms with van der Waals surface area (Å²) in [5.41, 5.74) is 0. The Hall–Kier alpha value is -1.41. The molecule has 0 aliphatic carbocycles. The maximum atomic E-state index is 12.0. The highest BCUT2D eigenvalue weighted by molar-refractivity contribution is 7.89. The zero-order chi connectivity index (χ0) is 13.9. The lowest BCUT2D eigenvalue weighted by molar-refractivity contribution is -0.140. The Labute approximate surface area is 106 Å². The SMILES string of the molecule is CCC(C)C(NS(=O)(=O)c1ccnn1C)C(=O)O. The number of nitrogens with zero attached hydrogens (tertiary/aromatic N) is 2. The maximum Gasteiger partial charge on any atom is 0.322 e. The van der Waals surface area contributed by atoms with Crippen LogP contribution in [0.2, 0.25) is 0 Å². The third kappa shape index (κ3) is 3.08. The Bertz CT molecular complexity index is 523. The van der Waals surface area contributed by atoms with Crippen LogP contribution in [0.25, 0.3) is 0 Å². The van der Waals surface area contributed by atoms with Crippen molar-refractivity contribution in [1.29, 1.82) is 0 Å². The number of carbonyl (C=O) groups is 1. The van der Waals surface area contributed by atoms with Gasteiger partial charge in [-0.1, -0.05) is 20.3 Å². The van der Waals surface area contributed by atoms with Crippen LogP contribution in [0.4, 0.5) is 0 Å². The molecule has 2 unspecified atom stereocenters. The van der Waals surface area contributed by atoms with Crippen LogP contribution in [0.1, 0.15) is 20.3 Å². The summed E-state index contributed by atoms with van der Waals surface area (Å²) in [6, 6.07) is 0.174. The molecule has 1 aromatic heterocycles. The van der Waals surface area contributed by atoms with Crippen LogP contribution in [0.5, 0.6) is 0 Å². The zero-order valence-electron chi connectivity index (χ0n) is 10.5. The van der Waals surface area contributed by atoms with E-state index in [1.807, 2.05) is 0 Å². The summed E-state index contributed by atoms with van der Waals surface area (Å²) in [6.07, 6.45) is 1.90. The molecule has 2 atom stereocenters. The molecular weight excluding hydrogens is 258 g/mol. The van der Waals surface area contributed by atoms with E-state index in [4.69, 9.17) is 5.11 Å². The summed E-state index contributed by atoms with van der Waals surface area (Å²) < 4.78 is 27.4. The molecule has 102 valence electrons. The van der Waals surface area contributed by atoms with Crippen molar-refractivity contribution in [3.05, 3.63) is 12.3 Å². The third-order valence-electron chi connectivity index (χ3n) is 2.81. The van der Waals surface area contributed by atoms with E-state index in [1.165, 1.54) is 24.0 Å². The minimum absolute atomic E-state index is 0.0583. The first-order valence-corrected chi connectivity index (χ1v) is 7.01. The van der Waals surface area contributed by atoms with Gasteiger partial charge in [-0.05, 0) is 12.0 Å². The lowest BCUT2D eigenvalue weighted by Gasteiger charge is -2.19. The van der Waals surface area contributed by atoms with E-state index in [-0.39, 0.29) is 10.9 Å². The van der Waals surface area contributed by atoms with Crippen molar-refractivity contribution in [3.63, 3.8) is 0 Å². The minimum atomic E-state index is -3.88. The topological polar surface area (TPSA) is 101 Å². The van der Waals surface area contributed by atoms with Gasteiger partial charge in [-0.25, -0.2) is 8.42 Å². The van der Waals surface area contributed by atoms with E-state index in [1.54, 1.807) is 13.8 Å². The highest BCUT2D eigenvalue weighted by Crippen LogP contribution is 2.13. The van der Waals surface area contributed by atoms with Crippen molar-refractivity contribution in [2.75, 3.05) is 0 Å². The molecule has 0 amide bonds. The molecule has 18 heavy (non-hydrogen) atoms. The van der Waals surface area contributed by atoms with Crippen LogP contribution in [-0.4, -0.2) is 35.3 Å². The standard InChI is InChI=1S/C10H17N3O4S/c1-4-7(2)9(10(14)15)12-18(16,17)8-5-6-11-13(8)3/h5-7,9,12H,4H2,1-3H3,(H,14,15). The van der Waals surface area contributed by atoms with Gasteiger partial charge in [-0.2, -0.15) is 9.82 Å². The Morgan fingerprint density at radius 2 is 2.22 bits per heavy atom. The third-order valence-corrected chi connectivity index (χ3v) is 4.33. The molecule has 1 rings (SSSR count). The predicted octanol–water partition coefficient (Wildman–Crippen LogP) is 0.198. The second-order valence-electron chi connectivity index (χ2n) is 4.12. The van der Waals surface area contributed by atoms with Crippen LogP contribution in [-0.2, 0) is 21.9 Å². The molecule has 0 saturated heterocycles. The zero-order valence-corrected chi connectivity index (χ0v) is 11.3. The number of nitrogens with one attached hydrogen (secondary N) is 1. The van der Waals surface area contributed by atoms with E-state index < -0.39 is 22.0 Å². The first-order chi connectivity index (χ1) is 8.29. The minimum Gasteiger partial charge on any atom is -0.480 e. The van der Waals surface area contributed by atoms with Gasteiger partial charge < -0.3 is 5.11 Å². The molecule has 0 aromatic carbocycles. The molecule has 1 aromatic rings. The lowest BCUT2D eigenvalue weighted by atomic mass is 10.0. The monoisotopic (exact) mass is 275 g/mol. The van der Waals surface area contributed by atoms with E-state index in [2.05, 4.69) is 9.82 Å². The Morgan fingerprint density at radius 3 is 2.61 bits per heavy atom. The van der Waals surface area contributed by atoms with E-state index >= 15 is 0 Å². The maximum absolute atomic E-state index is 12.0. The number of aryl methyl sites for hydroxylation is 1. The first kappa shape index (κ1) is 14.7. The molecular formula is C10H17N3O4S. The van der Waals surface area contributed by atoms with Gasteiger partial charge >= 0.3 is 5.97 Å². The van der Waals surface area contributed by atoms with Gasteiger partial charge in [-0.15, -0.1) is 0 Å². The van der Waals surface area contributed by atoms with Gasteiger partial charge in [0.1, 0.15) is 6.04 Å². The molecule has 2 N–H and O–H groups in total. The second kappa shape index (κ2) is 5.49. The molecule has 1 heterocycles. The quantitative estimate of drug-likeness (QED) is 0.772. The number of carboxylic acids is 1. The molecule has 7 nitrogen and oxygen atoms in total. The largest absolute Gasteiger partial charge is 0.480 e. The van der Waals surface area contributed by atoms with Gasteiger partial charge in [0.05, 0.1) is 6.20 Å². The molecule has 0 spiro atoms. The summed E-state index contributed by atoms with van der Waals surface area (Å²) in [7, 11) is -2.40. The predicted molar refractivity (Wildman–Crippen MR) is 64.4 cm³/mol. The fourth-order valence-corrected chi connectivity index (χ4v) is 2.92. The van der Waals surface area contributed by atoms with Crippen molar-refractivity contribution >= 4 is 16.0 Å². The van der Waals surface area contributed by atoms with Crippen LogP contribution in [0.3, 0.4) is 0 Å². The van der Waals surface area contributed by atoms with Crippen LogP contribution in [0, 0.1) is 5.92 Å². The van der Waals surface area contributed by atoms with Crippen LogP contribution in [0.15, 0.2) is 17.3 Å². The van der Waals surface area contributed by atoms with Crippen LogP contribution >= 0.6 is 0 Å². The molecule has 0 fully saturated rings. The summed E-state index contributed by atoms with van der Waals surface area (Å²) in [4.78, 5) is 11.1. The Kier molecular flexibility index (Phi) is 4.47. The number of aliphatic carboxylic acids is 1. The van der Waals surface area contributed by atoms with Gasteiger partial charge in [0.15, 0.2) is 5.03 Å². The molecule has 0 aliphatic heterocycles. The number of carboxylic acid groups (broad SMARTS) is 1. The second-order valence-corrected chi connectivity index (χ2v) is 5.78. The number of hydrogen-bond donors (Lipinski definition) is 2. The highest BCUT2D eigenvalue weighted by Gasteiger charge is 2.30. The number of hydrogen-bond acceptors (Lipinski definition) is 4. The molecule has 0 aliphatic rings. The molecule has 0 radical (unpaired) electrons. The first-order valence-electron chi connectivity index (χ1n) is 5.52. The fourth-order valence-electron chi connectivity index (χ4n) is 1.50. The lowest BCUT2D eigenvalue weighted by Crippen LogP contribution is -2.45. The smallest absolute Gasteiger partial charge is 0.322 e. The van der Waals surface area contributed by atoms with Gasteiger partial charge in [-0.3, -0.25) is 9.48 Å². The van der Waals surface area contributed by atoms with E-state index in [9.17, 15) is 13.2 Å². The van der Waals surface area contributed by atoms with E-state index in [0.717, 1.165) is 0 Å². The van der Waals surface area contributed by atoms with Crippen molar-refractivity contribution in [2.24, 2.45) is 13.0 Å². The van der Waals surface area contributed by atoms with Crippen molar-refractivity contribution in [3.8, 4) is 0 Å². The number of sulfonamides is 1. The Morgan fingerprint density at radius 1 is 1.61 bits per heavy atom. The van der Waals surface area contributed by atoms with E-state index in [0.29, 0.717) is 6.42 Å². The molecule has 0 bridgehead atoms. The van der Waals surface area contributed by atoms with Gasteiger partial charge in [0, 0.05) is 7.05 Å². The summed E-state index contributed by atoms with van der Waals surface area (Å²) in [5.74, 6) is -1.49. The van der Waals surface area contributed by atoms with Crippen molar-refractivity contribution < 1.29 is 18.3 Å².